The van der Waals surface area contributed by atoms with Crippen molar-refractivity contribution in [2.75, 3.05) is 6.54 Å². The molecule has 2 aromatic rings. The molecule has 0 spiro atoms. The fraction of sp³-hybridized carbons (Fsp3) is 0.611. The summed E-state index contributed by atoms with van der Waals surface area (Å²) in [5.41, 5.74) is 9.44. The molecule has 0 fully saturated rings. The molecule has 0 unspecified atom stereocenters. The number of hydrogen-bond acceptors (Lipinski definition) is 2. The van der Waals surface area contributed by atoms with Crippen LogP contribution in [-0.4, -0.2) is 16.1 Å². The van der Waals surface area contributed by atoms with Crippen LogP contribution in [0.15, 0.2) is 18.2 Å². The van der Waals surface area contributed by atoms with E-state index in [0.717, 1.165) is 31.4 Å². The first kappa shape index (κ1) is 16.0. The van der Waals surface area contributed by atoms with Gasteiger partial charge in [-0.2, -0.15) is 0 Å². The number of hydrogen-bond donors (Lipinski definition) is 1. The summed E-state index contributed by atoms with van der Waals surface area (Å²) in [6.07, 6.45) is 3.16. The molecule has 0 bridgehead atoms. The van der Waals surface area contributed by atoms with Crippen molar-refractivity contribution in [2.24, 2.45) is 11.7 Å². The molecule has 2 N–H and O–H groups in total. The van der Waals surface area contributed by atoms with E-state index in [-0.39, 0.29) is 0 Å². The van der Waals surface area contributed by atoms with Gasteiger partial charge in [0, 0.05) is 13.0 Å². The van der Waals surface area contributed by atoms with Crippen molar-refractivity contribution in [2.45, 2.75) is 59.4 Å². The summed E-state index contributed by atoms with van der Waals surface area (Å²) >= 11 is 0. The molecule has 2 rings (SSSR count). The summed E-state index contributed by atoms with van der Waals surface area (Å²) in [4.78, 5) is 4.88. The van der Waals surface area contributed by atoms with Crippen molar-refractivity contribution in [3.8, 4) is 0 Å². The highest BCUT2D eigenvalue weighted by Gasteiger charge is 2.12. The zero-order valence-corrected chi connectivity index (χ0v) is 13.9. The summed E-state index contributed by atoms with van der Waals surface area (Å²) in [7, 11) is 0. The van der Waals surface area contributed by atoms with Gasteiger partial charge in [0.15, 0.2) is 0 Å². The molecule has 3 nitrogen and oxygen atoms in total. The SMILES string of the molecule is CC(C)CCn1c(CCCN)nc2cc(C(C)C)ccc21. The Morgan fingerprint density at radius 2 is 1.95 bits per heavy atom. The maximum Gasteiger partial charge on any atom is 0.109 e. The van der Waals surface area contributed by atoms with E-state index in [4.69, 9.17) is 10.7 Å². The predicted molar refractivity (Wildman–Crippen MR) is 90.7 cm³/mol. The third-order valence-corrected chi connectivity index (χ3v) is 4.05. The van der Waals surface area contributed by atoms with E-state index < -0.39 is 0 Å². The van der Waals surface area contributed by atoms with Crippen LogP contribution in [0, 0.1) is 5.92 Å². The van der Waals surface area contributed by atoms with Gasteiger partial charge in [-0.25, -0.2) is 4.98 Å². The van der Waals surface area contributed by atoms with Gasteiger partial charge >= 0.3 is 0 Å². The Balaban J connectivity index is 2.39. The molecule has 0 saturated carbocycles. The summed E-state index contributed by atoms with van der Waals surface area (Å²) in [5.74, 6) is 2.44. The van der Waals surface area contributed by atoms with Gasteiger partial charge in [-0.15, -0.1) is 0 Å². The summed E-state index contributed by atoms with van der Waals surface area (Å²) in [6.45, 7) is 10.8. The number of nitrogens with two attached hydrogens (primary N) is 1. The van der Waals surface area contributed by atoms with Crippen molar-refractivity contribution in [3.05, 3.63) is 29.6 Å². The van der Waals surface area contributed by atoms with Gasteiger partial charge in [0.1, 0.15) is 5.82 Å². The van der Waals surface area contributed by atoms with E-state index in [1.54, 1.807) is 0 Å². The van der Waals surface area contributed by atoms with Gasteiger partial charge in [0.25, 0.3) is 0 Å². The van der Waals surface area contributed by atoms with Crippen LogP contribution in [-0.2, 0) is 13.0 Å². The lowest BCUT2D eigenvalue weighted by atomic mass is 10.0. The highest BCUT2D eigenvalue weighted by Crippen LogP contribution is 2.23. The molecule has 0 saturated heterocycles. The van der Waals surface area contributed by atoms with Gasteiger partial charge in [0.2, 0.25) is 0 Å². The second kappa shape index (κ2) is 7.08. The normalized spacial score (nSPS) is 12.0. The van der Waals surface area contributed by atoms with Crippen LogP contribution in [0.4, 0.5) is 0 Å². The van der Waals surface area contributed by atoms with Crippen molar-refractivity contribution in [3.63, 3.8) is 0 Å². The van der Waals surface area contributed by atoms with E-state index in [1.165, 1.54) is 23.3 Å². The minimum Gasteiger partial charge on any atom is -0.330 e. The number of fused-ring (bicyclic) bond motifs is 1. The number of aryl methyl sites for hydroxylation is 2. The van der Waals surface area contributed by atoms with Crippen LogP contribution in [0.2, 0.25) is 0 Å². The third kappa shape index (κ3) is 3.85. The number of aromatic nitrogens is 2. The van der Waals surface area contributed by atoms with E-state index in [1.807, 2.05) is 0 Å². The summed E-state index contributed by atoms with van der Waals surface area (Å²) in [6, 6.07) is 6.73. The summed E-state index contributed by atoms with van der Waals surface area (Å²) in [5, 5.41) is 0. The maximum atomic E-state index is 5.67. The average molecular weight is 287 g/mol. The topological polar surface area (TPSA) is 43.8 Å². The highest BCUT2D eigenvalue weighted by atomic mass is 15.1. The quantitative estimate of drug-likeness (QED) is 0.833. The molecule has 0 amide bonds. The maximum absolute atomic E-state index is 5.67. The number of imidazole rings is 1. The van der Waals surface area contributed by atoms with Crippen LogP contribution in [0.5, 0.6) is 0 Å². The van der Waals surface area contributed by atoms with Crippen LogP contribution >= 0.6 is 0 Å². The number of rotatable bonds is 7. The lowest BCUT2D eigenvalue weighted by molar-refractivity contribution is 0.510. The van der Waals surface area contributed by atoms with Gasteiger partial charge < -0.3 is 10.3 Å². The van der Waals surface area contributed by atoms with Gasteiger partial charge in [-0.3, -0.25) is 0 Å². The van der Waals surface area contributed by atoms with E-state index in [0.29, 0.717) is 11.8 Å². The first-order valence-electron chi connectivity index (χ1n) is 8.22. The molecule has 1 heterocycles. The molecule has 3 heteroatoms. The zero-order chi connectivity index (χ0) is 15.4. The van der Waals surface area contributed by atoms with Crippen molar-refractivity contribution >= 4 is 11.0 Å². The largest absolute Gasteiger partial charge is 0.330 e. The second-order valence-corrected chi connectivity index (χ2v) is 6.66. The van der Waals surface area contributed by atoms with E-state index >= 15 is 0 Å². The molecule has 21 heavy (non-hydrogen) atoms. The second-order valence-electron chi connectivity index (χ2n) is 6.66. The molecule has 0 aliphatic heterocycles. The van der Waals surface area contributed by atoms with Crippen LogP contribution in [0.3, 0.4) is 0 Å². The molecule has 0 aliphatic carbocycles. The lowest BCUT2D eigenvalue weighted by Gasteiger charge is -2.11. The van der Waals surface area contributed by atoms with Gasteiger partial charge in [-0.05, 0) is 48.9 Å². The smallest absolute Gasteiger partial charge is 0.109 e. The number of benzene rings is 1. The Morgan fingerprint density at radius 3 is 2.57 bits per heavy atom. The fourth-order valence-corrected chi connectivity index (χ4v) is 2.64. The average Bonchev–Trinajstić information content (AvgIpc) is 2.79. The van der Waals surface area contributed by atoms with E-state index in [9.17, 15) is 0 Å². The Morgan fingerprint density at radius 1 is 1.19 bits per heavy atom. The van der Waals surface area contributed by atoms with Crippen molar-refractivity contribution < 1.29 is 0 Å². The predicted octanol–water partition coefficient (Wildman–Crippen LogP) is 4.10. The van der Waals surface area contributed by atoms with Crippen molar-refractivity contribution in [1.29, 1.82) is 0 Å². The fourth-order valence-electron chi connectivity index (χ4n) is 2.64. The molecule has 0 atom stereocenters. The minimum absolute atomic E-state index is 0.544. The molecule has 1 aromatic heterocycles. The summed E-state index contributed by atoms with van der Waals surface area (Å²) < 4.78 is 2.40. The van der Waals surface area contributed by atoms with E-state index in [2.05, 4.69) is 50.5 Å². The van der Waals surface area contributed by atoms with Crippen molar-refractivity contribution in [1.82, 2.24) is 9.55 Å². The van der Waals surface area contributed by atoms with Crippen LogP contribution < -0.4 is 5.73 Å². The third-order valence-electron chi connectivity index (χ3n) is 4.05. The Labute approximate surface area is 128 Å². The van der Waals surface area contributed by atoms with Gasteiger partial charge in [-0.1, -0.05) is 33.8 Å². The molecular weight excluding hydrogens is 258 g/mol. The zero-order valence-electron chi connectivity index (χ0n) is 13.9. The van der Waals surface area contributed by atoms with Crippen LogP contribution in [0.25, 0.3) is 11.0 Å². The standard InChI is InChI=1S/C18H29N3/c1-13(2)9-11-21-17-8-7-15(14(3)4)12-16(17)20-18(21)6-5-10-19/h7-8,12-14H,5-6,9-11,19H2,1-4H3. The monoisotopic (exact) mass is 287 g/mol. The lowest BCUT2D eigenvalue weighted by Crippen LogP contribution is -2.08. The molecule has 0 aliphatic rings. The first-order chi connectivity index (χ1) is 10.0. The Kier molecular flexibility index (Phi) is 5.40. The van der Waals surface area contributed by atoms with Crippen LogP contribution in [0.1, 0.15) is 57.8 Å². The molecule has 116 valence electrons. The molecular formula is C18H29N3. The molecule has 0 radical (unpaired) electrons. The minimum atomic E-state index is 0.544. The van der Waals surface area contributed by atoms with Gasteiger partial charge in [0.05, 0.1) is 11.0 Å². The Hall–Kier alpha value is -1.35. The highest BCUT2D eigenvalue weighted by molar-refractivity contribution is 5.77. The number of nitrogens with zero attached hydrogens (tertiary/aromatic N) is 2. The molecule has 1 aromatic carbocycles. The Bertz CT molecular complexity index is 581. The first-order valence-corrected chi connectivity index (χ1v) is 8.22.